The maximum Gasteiger partial charge on any atom is 0.258 e. The Morgan fingerprint density at radius 2 is 1.75 bits per heavy atom. The minimum atomic E-state index is -0.271. The third-order valence-corrected chi connectivity index (χ3v) is 6.75. The van der Waals surface area contributed by atoms with E-state index in [1.54, 1.807) is 7.11 Å². The van der Waals surface area contributed by atoms with Crippen LogP contribution >= 0.6 is 12.2 Å². The number of benzene rings is 3. The van der Waals surface area contributed by atoms with E-state index < -0.39 is 0 Å². The zero-order chi connectivity index (χ0) is 25.2. The molecule has 1 unspecified atom stereocenters. The van der Waals surface area contributed by atoms with Crippen molar-refractivity contribution >= 4 is 22.9 Å². The van der Waals surface area contributed by atoms with Gasteiger partial charge in [-0.1, -0.05) is 76.9 Å². The van der Waals surface area contributed by atoms with Crippen molar-refractivity contribution in [2.75, 3.05) is 7.11 Å². The average Bonchev–Trinajstić information content (AvgIpc) is 3.36. The van der Waals surface area contributed by atoms with E-state index >= 15 is 0 Å². The minimum Gasteiger partial charge on any atom is -0.497 e. The fraction of sp³-hybridized carbons (Fsp3) is 0.207. The van der Waals surface area contributed by atoms with Gasteiger partial charge in [-0.3, -0.25) is 0 Å². The molecule has 1 N–H and O–H groups in total. The molecule has 6 nitrogen and oxygen atoms in total. The third kappa shape index (κ3) is 4.75. The molecular formula is C29H28N4O2S. The Labute approximate surface area is 216 Å². The summed E-state index contributed by atoms with van der Waals surface area (Å²) in [6.45, 7) is 6.83. The molecule has 0 spiro atoms. The van der Waals surface area contributed by atoms with Crippen molar-refractivity contribution in [2.45, 2.75) is 33.4 Å². The number of nitrogens with zero attached hydrogens (tertiary/aromatic N) is 3. The van der Waals surface area contributed by atoms with Gasteiger partial charge in [-0.2, -0.15) is 4.98 Å². The van der Waals surface area contributed by atoms with Crippen molar-refractivity contribution in [3.8, 4) is 17.1 Å². The van der Waals surface area contributed by atoms with Crippen molar-refractivity contribution in [3.05, 3.63) is 107 Å². The lowest BCUT2D eigenvalue weighted by atomic mass is 9.94. The minimum absolute atomic E-state index is 0.271. The molecular weight excluding hydrogens is 468 g/mol. The van der Waals surface area contributed by atoms with Crippen LogP contribution in [0.5, 0.6) is 5.75 Å². The summed E-state index contributed by atoms with van der Waals surface area (Å²) in [6, 6.07) is 24.2. The molecule has 0 saturated carbocycles. The van der Waals surface area contributed by atoms with Crippen LogP contribution in [-0.2, 0) is 6.54 Å². The predicted molar refractivity (Wildman–Crippen MR) is 145 cm³/mol. The number of aryl methyl sites for hydroxylation is 2. The number of aromatic nitrogens is 2. The molecule has 0 amide bonds. The first-order valence-electron chi connectivity index (χ1n) is 11.8. The average molecular weight is 497 g/mol. The standard InChI is InChI=1S/C29H28N4O2S/c1-18-11-13-22(14-12-18)27-31-28(35-32-27)25-20(3)33(17-21-8-5-7-19(2)15-21)29(36)30-26(25)23-9-6-10-24(16-23)34-4/h5-16,26H,17H2,1-4H3,(H,30,36). The lowest BCUT2D eigenvalue weighted by Crippen LogP contribution is -2.45. The highest BCUT2D eigenvalue weighted by molar-refractivity contribution is 7.80. The number of rotatable bonds is 6. The summed E-state index contributed by atoms with van der Waals surface area (Å²) in [5, 5.41) is 8.47. The Hall–Kier alpha value is -3.97. The lowest BCUT2D eigenvalue weighted by molar-refractivity contribution is 0.395. The van der Waals surface area contributed by atoms with Crippen LogP contribution in [0.3, 0.4) is 0 Å². The molecule has 1 aromatic heterocycles. The number of hydrogen-bond donors (Lipinski definition) is 1. The number of allylic oxidation sites excluding steroid dienone is 1. The highest BCUT2D eigenvalue weighted by Gasteiger charge is 2.34. The Morgan fingerprint density at radius 3 is 2.50 bits per heavy atom. The van der Waals surface area contributed by atoms with Crippen LogP contribution in [0.4, 0.5) is 0 Å². The normalized spacial score (nSPS) is 15.7. The molecule has 182 valence electrons. The molecule has 1 atom stereocenters. The van der Waals surface area contributed by atoms with Crippen LogP contribution in [0.2, 0.25) is 0 Å². The number of ether oxygens (including phenoxy) is 1. The second-order valence-electron chi connectivity index (χ2n) is 9.02. The van der Waals surface area contributed by atoms with Gasteiger partial charge in [0.25, 0.3) is 5.89 Å². The number of thiocarbonyl (C=S) groups is 1. The van der Waals surface area contributed by atoms with Crippen molar-refractivity contribution in [3.63, 3.8) is 0 Å². The molecule has 0 saturated heterocycles. The second kappa shape index (κ2) is 9.95. The van der Waals surface area contributed by atoms with Gasteiger partial charge in [0.1, 0.15) is 5.75 Å². The molecule has 0 aliphatic carbocycles. The maximum absolute atomic E-state index is 5.86. The topological polar surface area (TPSA) is 63.4 Å². The molecule has 1 aliphatic rings. The SMILES string of the molecule is COc1cccc(C2NC(=S)N(Cc3cccc(C)c3)C(C)=C2c2nc(-c3ccc(C)cc3)no2)c1. The van der Waals surface area contributed by atoms with E-state index in [2.05, 4.69) is 60.4 Å². The van der Waals surface area contributed by atoms with E-state index in [-0.39, 0.29) is 6.04 Å². The smallest absolute Gasteiger partial charge is 0.258 e. The Kier molecular flexibility index (Phi) is 6.57. The van der Waals surface area contributed by atoms with Gasteiger partial charge in [0.2, 0.25) is 5.82 Å². The first-order valence-corrected chi connectivity index (χ1v) is 12.2. The maximum atomic E-state index is 5.86. The quantitative estimate of drug-likeness (QED) is 0.318. The molecule has 4 aromatic rings. The van der Waals surface area contributed by atoms with Crippen LogP contribution < -0.4 is 10.1 Å². The van der Waals surface area contributed by atoms with E-state index in [0.29, 0.717) is 23.4 Å². The van der Waals surface area contributed by atoms with Crippen LogP contribution in [0.1, 0.15) is 41.1 Å². The molecule has 7 heteroatoms. The van der Waals surface area contributed by atoms with Gasteiger partial charge in [0.15, 0.2) is 5.11 Å². The fourth-order valence-corrected chi connectivity index (χ4v) is 4.79. The van der Waals surface area contributed by atoms with E-state index in [4.69, 9.17) is 26.5 Å². The number of methoxy groups -OCH3 is 1. The first kappa shape index (κ1) is 23.8. The summed E-state index contributed by atoms with van der Waals surface area (Å²) in [5.74, 6) is 1.78. The van der Waals surface area contributed by atoms with Crippen molar-refractivity contribution < 1.29 is 9.26 Å². The third-order valence-electron chi connectivity index (χ3n) is 6.41. The van der Waals surface area contributed by atoms with E-state index in [1.807, 2.05) is 48.5 Å². The summed E-state index contributed by atoms with van der Waals surface area (Å²) < 4.78 is 11.3. The Bertz CT molecular complexity index is 1440. The molecule has 1 aliphatic heterocycles. The molecule has 36 heavy (non-hydrogen) atoms. The molecule has 0 bridgehead atoms. The van der Waals surface area contributed by atoms with Gasteiger partial charge in [-0.05, 0) is 56.2 Å². The summed E-state index contributed by atoms with van der Waals surface area (Å²) in [5.41, 5.74) is 7.31. The van der Waals surface area contributed by atoms with Crippen molar-refractivity contribution in [1.82, 2.24) is 20.4 Å². The molecule has 0 radical (unpaired) electrons. The van der Waals surface area contributed by atoms with E-state index in [1.165, 1.54) is 16.7 Å². The highest BCUT2D eigenvalue weighted by atomic mass is 32.1. The molecule has 5 rings (SSSR count). The van der Waals surface area contributed by atoms with E-state index in [9.17, 15) is 0 Å². The number of hydrogen-bond acceptors (Lipinski definition) is 5. The predicted octanol–water partition coefficient (Wildman–Crippen LogP) is 6.22. The Morgan fingerprint density at radius 1 is 0.972 bits per heavy atom. The van der Waals surface area contributed by atoms with Gasteiger partial charge in [-0.15, -0.1) is 0 Å². The summed E-state index contributed by atoms with van der Waals surface area (Å²) in [7, 11) is 1.66. The largest absolute Gasteiger partial charge is 0.497 e. The zero-order valence-electron chi connectivity index (χ0n) is 20.8. The van der Waals surface area contributed by atoms with Crippen LogP contribution in [-0.4, -0.2) is 27.3 Å². The zero-order valence-corrected chi connectivity index (χ0v) is 21.6. The van der Waals surface area contributed by atoms with Gasteiger partial charge < -0.3 is 19.5 Å². The highest BCUT2D eigenvalue weighted by Crippen LogP contribution is 2.38. The van der Waals surface area contributed by atoms with Crippen LogP contribution in [0, 0.1) is 13.8 Å². The van der Waals surface area contributed by atoms with Crippen molar-refractivity contribution in [1.29, 1.82) is 0 Å². The molecule has 0 fully saturated rings. The van der Waals surface area contributed by atoms with Crippen LogP contribution in [0.25, 0.3) is 17.0 Å². The monoisotopic (exact) mass is 496 g/mol. The fourth-order valence-electron chi connectivity index (χ4n) is 4.47. The molecule has 3 aromatic carbocycles. The second-order valence-corrected chi connectivity index (χ2v) is 9.41. The van der Waals surface area contributed by atoms with Crippen molar-refractivity contribution in [2.24, 2.45) is 0 Å². The van der Waals surface area contributed by atoms with Crippen LogP contribution in [0.15, 0.2) is 83.0 Å². The molecule has 2 heterocycles. The lowest BCUT2D eigenvalue weighted by Gasteiger charge is -2.37. The van der Waals surface area contributed by atoms with Gasteiger partial charge >= 0.3 is 0 Å². The summed E-state index contributed by atoms with van der Waals surface area (Å²) in [4.78, 5) is 6.90. The first-order chi connectivity index (χ1) is 17.4. The van der Waals surface area contributed by atoms with Gasteiger partial charge in [-0.25, -0.2) is 0 Å². The van der Waals surface area contributed by atoms with Gasteiger partial charge in [0.05, 0.1) is 18.7 Å². The van der Waals surface area contributed by atoms with E-state index in [0.717, 1.165) is 28.1 Å². The van der Waals surface area contributed by atoms with Gasteiger partial charge in [0, 0.05) is 17.8 Å². The number of nitrogens with one attached hydrogen (secondary N) is 1. The summed E-state index contributed by atoms with van der Waals surface area (Å²) >= 11 is 5.85. The summed E-state index contributed by atoms with van der Waals surface area (Å²) in [6.07, 6.45) is 0. The Balaban J connectivity index is 1.60.